The summed E-state index contributed by atoms with van der Waals surface area (Å²) in [6.07, 6.45) is 1.61. The Morgan fingerprint density at radius 3 is 2.51 bits per heavy atom. The smallest absolute Gasteiger partial charge is 0.294 e. The Morgan fingerprint density at radius 2 is 1.71 bits per heavy atom. The molecule has 0 bridgehead atoms. The van der Waals surface area contributed by atoms with Crippen LogP contribution in [0.1, 0.15) is 24.0 Å². The molecule has 7 heteroatoms. The molecule has 0 radical (unpaired) electrons. The zero-order chi connectivity index (χ0) is 24.2. The first-order valence-corrected chi connectivity index (χ1v) is 12.3. The van der Waals surface area contributed by atoms with Crippen LogP contribution in [0, 0.1) is 5.92 Å². The third-order valence-corrected chi connectivity index (χ3v) is 6.74. The lowest BCUT2D eigenvalue weighted by Gasteiger charge is -2.32. The molecule has 0 saturated carbocycles. The number of para-hydroxylation sites is 2. The average molecular weight is 487 g/mol. The highest BCUT2D eigenvalue weighted by molar-refractivity contribution is 6.30. The SMILES string of the molecule is O=C(NCc1ccc(Cl)cc1)C1CCCN(c2nc3ccccc3n(Cc3ccccc3)c2=O)C1. The molecule has 35 heavy (non-hydrogen) atoms. The van der Waals surface area contributed by atoms with Crippen molar-refractivity contribution >= 4 is 34.4 Å². The number of piperidine rings is 1. The van der Waals surface area contributed by atoms with E-state index in [-0.39, 0.29) is 17.4 Å². The van der Waals surface area contributed by atoms with Gasteiger partial charge in [0.1, 0.15) is 0 Å². The summed E-state index contributed by atoms with van der Waals surface area (Å²) in [6, 6.07) is 25.1. The third kappa shape index (κ3) is 5.23. The zero-order valence-corrected chi connectivity index (χ0v) is 20.1. The lowest BCUT2D eigenvalue weighted by atomic mass is 9.97. The van der Waals surface area contributed by atoms with Crippen molar-refractivity contribution < 1.29 is 4.79 Å². The molecule has 1 aliphatic rings. The summed E-state index contributed by atoms with van der Waals surface area (Å²) in [5.41, 5.74) is 3.49. The number of carbonyl (C=O) groups is 1. The standard InChI is InChI=1S/C28H27ClN4O2/c29-23-14-12-20(13-15-23)17-30-27(34)22-9-6-16-32(19-22)26-28(35)33(18-21-7-2-1-3-8-21)25-11-5-4-10-24(25)31-26/h1-5,7-8,10-15,22H,6,9,16-19H2,(H,30,34). The van der Waals surface area contributed by atoms with Crippen molar-refractivity contribution in [2.75, 3.05) is 18.0 Å². The van der Waals surface area contributed by atoms with Gasteiger partial charge >= 0.3 is 0 Å². The second-order valence-electron chi connectivity index (χ2n) is 8.93. The molecule has 1 aromatic heterocycles. The van der Waals surface area contributed by atoms with Gasteiger partial charge in [-0.25, -0.2) is 4.98 Å². The predicted octanol–water partition coefficient (Wildman–Crippen LogP) is 4.63. The van der Waals surface area contributed by atoms with Crippen LogP contribution in [0.15, 0.2) is 83.7 Å². The lowest BCUT2D eigenvalue weighted by molar-refractivity contribution is -0.125. The molecule has 1 aliphatic heterocycles. The van der Waals surface area contributed by atoms with Crippen molar-refractivity contribution in [2.24, 2.45) is 5.92 Å². The number of hydrogen-bond donors (Lipinski definition) is 1. The zero-order valence-electron chi connectivity index (χ0n) is 19.4. The van der Waals surface area contributed by atoms with Gasteiger partial charge in [0.25, 0.3) is 5.56 Å². The van der Waals surface area contributed by atoms with Crippen LogP contribution in [0.25, 0.3) is 11.0 Å². The minimum Gasteiger partial charge on any atom is -0.352 e. The van der Waals surface area contributed by atoms with E-state index in [1.165, 1.54) is 0 Å². The van der Waals surface area contributed by atoms with Crippen molar-refractivity contribution in [3.63, 3.8) is 0 Å². The summed E-state index contributed by atoms with van der Waals surface area (Å²) in [7, 11) is 0. The molecule has 6 nitrogen and oxygen atoms in total. The highest BCUT2D eigenvalue weighted by atomic mass is 35.5. The molecule has 3 aromatic carbocycles. The van der Waals surface area contributed by atoms with E-state index in [0.29, 0.717) is 37.0 Å². The fourth-order valence-corrected chi connectivity index (χ4v) is 4.75. The molecule has 2 heterocycles. The number of benzene rings is 3. The van der Waals surface area contributed by atoms with Crippen LogP contribution < -0.4 is 15.8 Å². The first kappa shape index (κ1) is 23.1. The van der Waals surface area contributed by atoms with Gasteiger partial charge in [0.15, 0.2) is 5.82 Å². The van der Waals surface area contributed by atoms with E-state index in [9.17, 15) is 9.59 Å². The van der Waals surface area contributed by atoms with Gasteiger partial charge in [0.05, 0.1) is 23.5 Å². The number of fused-ring (bicyclic) bond motifs is 1. The number of aromatic nitrogens is 2. The summed E-state index contributed by atoms with van der Waals surface area (Å²) in [5, 5.41) is 3.71. The van der Waals surface area contributed by atoms with Crippen LogP contribution in [-0.4, -0.2) is 28.5 Å². The number of nitrogens with zero attached hydrogens (tertiary/aromatic N) is 3. The predicted molar refractivity (Wildman–Crippen MR) is 140 cm³/mol. The van der Waals surface area contributed by atoms with E-state index < -0.39 is 0 Å². The monoisotopic (exact) mass is 486 g/mol. The van der Waals surface area contributed by atoms with E-state index in [2.05, 4.69) is 5.32 Å². The number of carbonyl (C=O) groups excluding carboxylic acids is 1. The number of nitrogens with one attached hydrogen (secondary N) is 1. The molecule has 5 rings (SSSR count). The summed E-state index contributed by atoms with van der Waals surface area (Å²) in [6.45, 7) is 2.09. The number of amides is 1. The van der Waals surface area contributed by atoms with Gasteiger partial charge in [-0.05, 0) is 48.2 Å². The molecule has 1 unspecified atom stereocenters. The lowest BCUT2D eigenvalue weighted by Crippen LogP contribution is -2.45. The fourth-order valence-electron chi connectivity index (χ4n) is 4.63. The third-order valence-electron chi connectivity index (χ3n) is 6.49. The van der Waals surface area contributed by atoms with Crippen LogP contribution in [0.2, 0.25) is 5.02 Å². The molecule has 1 saturated heterocycles. The second kappa shape index (κ2) is 10.3. The van der Waals surface area contributed by atoms with E-state index in [4.69, 9.17) is 16.6 Å². The molecular weight excluding hydrogens is 460 g/mol. The molecule has 1 N–H and O–H groups in total. The Morgan fingerprint density at radius 1 is 0.971 bits per heavy atom. The van der Waals surface area contributed by atoms with Gasteiger partial charge in [-0.2, -0.15) is 0 Å². The summed E-state index contributed by atoms with van der Waals surface area (Å²) >= 11 is 5.95. The van der Waals surface area contributed by atoms with Crippen LogP contribution >= 0.6 is 11.6 Å². The highest BCUT2D eigenvalue weighted by Gasteiger charge is 2.28. The van der Waals surface area contributed by atoms with E-state index in [1.54, 1.807) is 4.57 Å². The molecule has 1 amide bonds. The number of halogens is 1. The van der Waals surface area contributed by atoms with Gasteiger partial charge in [-0.1, -0.05) is 66.2 Å². The Balaban J connectivity index is 1.38. The van der Waals surface area contributed by atoms with Crippen LogP contribution in [0.3, 0.4) is 0 Å². The largest absolute Gasteiger partial charge is 0.352 e. The van der Waals surface area contributed by atoms with Gasteiger partial charge in [0.2, 0.25) is 5.91 Å². The molecule has 4 aromatic rings. The Labute approximate surface area is 209 Å². The summed E-state index contributed by atoms with van der Waals surface area (Å²) in [5.74, 6) is 0.205. The molecular formula is C28H27ClN4O2. The molecule has 0 spiro atoms. The molecule has 1 fully saturated rings. The van der Waals surface area contributed by atoms with Crippen molar-refractivity contribution in [1.82, 2.24) is 14.9 Å². The topological polar surface area (TPSA) is 67.2 Å². The van der Waals surface area contributed by atoms with E-state index >= 15 is 0 Å². The summed E-state index contributed by atoms with van der Waals surface area (Å²) in [4.78, 5) is 33.3. The molecule has 178 valence electrons. The highest BCUT2D eigenvalue weighted by Crippen LogP contribution is 2.22. The Bertz CT molecular complexity index is 1390. The van der Waals surface area contributed by atoms with Crippen molar-refractivity contribution in [1.29, 1.82) is 0 Å². The van der Waals surface area contributed by atoms with Crippen LogP contribution in [-0.2, 0) is 17.9 Å². The number of hydrogen-bond acceptors (Lipinski definition) is 4. The minimum atomic E-state index is -0.203. The fraction of sp³-hybridized carbons (Fsp3) is 0.250. The number of anilines is 1. The normalized spacial score (nSPS) is 15.8. The van der Waals surface area contributed by atoms with Crippen LogP contribution in [0.4, 0.5) is 5.82 Å². The maximum atomic E-state index is 13.6. The van der Waals surface area contributed by atoms with Gasteiger partial charge in [0, 0.05) is 24.7 Å². The average Bonchev–Trinajstić information content (AvgIpc) is 2.90. The van der Waals surface area contributed by atoms with Crippen molar-refractivity contribution in [3.05, 3.63) is 105 Å². The molecule has 1 atom stereocenters. The maximum Gasteiger partial charge on any atom is 0.294 e. The minimum absolute atomic E-state index is 0.00458. The first-order valence-electron chi connectivity index (χ1n) is 11.9. The quantitative estimate of drug-likeness (QED) is 0.431. The van der Waals surface area contributed by atoms with E-state index in [1.807, 2.05) is 83.8 Å². The van der Waals surface area contributed by atoms with Gasteiger partial charge in [-0.15, -0.1) is 0 Å². The first-order chi connectivity index (χ1) is 17.1. The second-order valence-corrected chi connectivity index (χ2v) is 9.37. The molecule has 0 aliphatic carbocycles. The summed E-state index contributed by atoms with van der Waals surface area (Å²) < 4.78 is 1.79. The van der Waals surface area contributed by atoms with E-state index in [0.717, 1.165) is 35.0 Å². The van der Waals surface area contributed by atoms with Crippen LogP contribution in [0.5, 0.6) is 0 Å². The maximum absolute atomic E-state index is 13.6. The van der Waals surface area contributed by atoms with Gasteiger partial charge in [-0.3, -0.25) is 14.2 Å². The Kier molecular flexibility index (Phi) is 6.82. The van der Waals surface area contributed by atoms with Crippen molar-refractivity contribution in [2.45, 2.75) is 25.9 Å². The van der Waals surface area contributed by atoms with Crippen molar-refractivity contribution in [3.8, 4) is 0 Å². The van der Waals surface area contributed by atoms with Gasteiger partial charge < -0.3 is 10.2 Å². The Hall–Kier alpha value is -3.64. The number of rotatable bonds is 6.